The SMILES string of the molecule is Cc1ccccc1-c1cccc2nc3ccccc3cc12. The number of hydrogen-bond donors (Lipinski definition) is 0. The highest BCUT2D eigenvalue weighted by molar-refractivity contribution is 6.01. The Labute approximate surface area is 123 Å². The van der Waals surface area contributed by atoms with Gasteiger partial charge in [-0.15, -0.1) is 0 Å². The van der Waals surface area contributed by atoms with Crippen LogP contribution in [-0.2, 0) is 0 Å². The summed E-state index contributed by atoms with van der Waals surface area (Å²) < 4.78 is 0. The molecule has 0 atom stereocenters. The molecule has 0 bridgehead atoms. The van der Waals surface area contributed by atoms with E-state index in [4.69, 9.17) is 4.98 Å². The van der Waals surface area contributed by atoms with Gasteiger partial charge in [-0.3, -0.25) is 0 Å². The molecule has 0 amide bonds. The lowest BCUT2D eigenvalue weighted by atomic mass is 9.96. The summed E-state index contributed by atoms with van der Waals surface area (Å²) in [5.74, 6) is 0. The van der Waals surface area contributed by atoms with E-state index in [0.29, 0.717) is 0 Å². The monoisotopic (exact) mass is 269 g/mol. The molecule has 0 aliphatic heterocycles. The van der Waals surface area contributed by atoms with Gasteiger partial charge in [0.25, 0.3) is 0 Å². The Morgan fingerprint density at radius 2 is 1.38 bits per heavy atom. The van der Waals surface area contributed by atoms with Gasteiger partial charge in [-0.25, -0.2) is 4.98 Å². The molecule has 1 heterocycles. The van der Waals surface area contributed by atoms with E-state index in [0.717, 1.165) is 11.0 Å². The Morgan fingerprint density at radius 3 is 2.29 bits per heavy atom. The van der Waals surface area contributed by atoms with E-state index >= 15 is 0 Å². The molecular formula is C20H15N. The van der Waals surface area contributed by atoms with E-state index in [1.165, 1.54) is 27.5 Å². The molecule has 0 N–H and O–H groups in total. The van der Waals surface area contributed by atoms with Crippen molar-refractivity contribution < 1.29 is 0 Å². The van der Waals surface area contributed by atoms with Crippen LogP contribution >= 0.6 is 0 Å². The molecular weight excluding hydrogens is 254 g/mol. The standard InChI is InChI=1S/C20H15N/c1-14-7-2-4-9-16(14)17-10-6-12-20-18(17)13-15-8-3-5-11-19(15)21-20/h2-13H,1H3. The van der Waals surface area contributed by atoms with Gasteiger partial charge in [0.2, 0.25) is 0 Å². The number of para-hydroxylation sites is 1. The number of fused-ring (bicyclic) bond motifs is 2. The first-order valence-corrected chi connectivity index (χ1v) is 7.17. The van der Waals surface area contributed by atoms with E-state index in [1.54, 1.807) is 0 Å². The van der Waals surface area contributed by atoms with Gasteiger partial charge in [-0.1, -0.05) is 54.6 Å². The first-order chi connectivity index (χ1) is 10.3. The summed E-state index contributed by atoms with van der Waals surface area (Å²) in [5, 5.41) is 2.40. The highest BCUT2D eigenvalue weighted by Gasteiger charge is 2.07. The molecule has 100 valence electrons. The summed E-state index contributed by atoms with van der Waals surface area (Å²) in [5.41, 5.74) is 5.92. The lowest BCUT2D eigenvalue weighted by molar-refractivity contribution is 1.46. The van der Waals surface area contributed by atoms with Crippen molar-refractivity contribution in [2.45, 2.75) is 6.92 Å². The summed E-state index contributed by atoms with van der Waals surface area (Å²) in [6.45, 7) is 2.16. The van der Waals surface area contributed by atoms with Gasteiger partial charge in [-0.05, 0) is 41.8 Å². The number of aromatic nitrogens is 1. The van der Waals surface area contributed by atoms with Crippen LogP contribution in [0.15, 0.2) is 72.8 Å². The fourth-order valence-electron chi connectivity index (χ4n) is 2.91. The van der Waals surface area contributed by atoms with Crippen molar-refractivity contribution in [3.8, 4) is 11.1 Å². The molecule has 0 aliphatic carbocycles. The smallest absolute Gasteiger partial charge is 0.0715 e. The number of rotatable bonds is 1. The third kappa shape index (κ3) is 1.98. The van der Waals surface area contributed by atoms with Crippen LogP contribution in [-0.4, -0.2) is 4.98 Å². The molecule has 0 unspecified atom stereocenters. The normalized spacial score (nSPS) is 11.1. The van der Waals surface area contributed by atoms with Gasteiger partial charge in [0, 0.05) is 10.8 Å². The average Bonchev–Trinajstić information content (AvgIpc) is 2.53. The molecule has 1 nitrogen and oxygen atoms in total. The second-order valence-corrected chi connectivity index (χ2v) is 5.37. The third-order valence-electron chi connectivity index (χ3n) is 4.00. The minimum Gasteiger partial charge on any atom is -0.248 e. The summed E-state index contributed by atoms with van der Waals surface area (Å²) in [7, 11) is 0. The number of hydrogen-bond acceptors (Lipinski definition) is 1. The zero-order valence-corrected chi connectivity index (χ0v) is 11.9. The largest absolute Gasteiger partial charge is 0.248 e. The topological polar surface area (TPSA) is 12.9 Å². The van der Waals surface area contributed by atoms with Crippen LogP contribution in [0.1, 0.15) is 5.56 Å². The van der Waals surface area contributed by atoms with E-state index in [9.17, 15) is 0 Å². The predicted octanol–water partition coefficient (Wildman–Crippen LogP) is 5.36. The molecule has 0 aliphatic rings. The molecule has 4 rings (SSSR count). The fraction of sp³-hybridized carbons (Fsp3) is 0.0500. The van der Waals surface area contributed by atoms with Crippen LogP contribution in [0.2, 0.25) is 0 Å². The van der Waals surface area contributed by atoms with Crippen molar-refractivity contribution in [2.75, 3.05) is 0 Å². The molecule has 0 saturated carbocycles. The molecule has 21 heavy (non-hydrogen) atoms. The first kappa shape index (κ1) is 12.1. The van der Waals surface area contributed by atoms with Gasteiger partial charge in [-0.2, -0.15) is 0 Å². The average molecular weight is 269 g/mol. The van der Waals surface area contributed by atoms with Crippen molar-refractivity contribution in [3.05, 3.63) is 78.4 Å². The quantitative estimate of drug-likeness (QED) is 0.424. The number of nitrogens with zero attached hydrogens (tertiary/aromatic N) is 1. The van der Waals surface area contributed by atoms with Gasteiger partial charge in [0.15, 0.2) is 0 Å². The second kappa shape index (κ2) is 4.71. The van der Waals surface area contributed by atoms with Gasteiger partial charge in [0.05, 0.1) is 11.0 Å². The summed E-state index contributed by atoms with van der Waals surface area (Å²) in [6, 6.07) is 25.4. The lowest BCUT2D eigenvalue weighted by Crippen LogP contribution is -1.88. The molecule has 0 radical (unpaired) electrons. The number of aryl methyl sites for hydroxylation is 1. The second-order valence-electron chi connectivity index (χ2n) is 5.37. The van der Waals surface area contributed by atoms with Crippen LogP contribution in [0.4, 0.5) is 0 Å². The van der Waals surface area contributed by atoms with Gasteiger partial charge in [0.1, 0.15) is 0 Å². The minimum atomic E-state index is 1.05. The van der Waals surface area contributed by atoms with E-state index in [2.05, 4.69) is 73.7 Å². The highest BCUT2D eigenvalue weighted by atomic mass is 14.7. The Balaban J connectivity index is 2.10. The van der Waals surface area contributed by atoms with Crippen LogP contribution < -0.4 is 0 Å². The lowest BCUT2D eigenvalue weighted by Gasteiger charge is -2.10. The van der Waals surface area contributed by atoms with Crippen LogP contribution in [0.5, 0.6) is 0 Å². The molecule has 1 heteroatoms. The van der Waals surface area contributed by atoms with Crippen molar-refractivity contribution in [1.29, 1.82) is 0 Å². The number of pyridine rings is 1. The first-order valence-electron chi connectivity index (χ1n) is 7.17. The van der Waals surface area contributed by atoms with Crippen LogP contribution in [0.3, 0.4) is 0 Å². The maximum absolute atomic E-state index is 4.79. The minimum absolute atomic E-state index is 1.05. The van der Waals surface area contributed by atoms with Crippen molar-refractivity contribution in [3.63, 3.8) is 0 Å². The van der Waals surface area contributed by atoms with Crippen molar-refractivity contribution >= 4 is 21.8 Å². The maximum Gasteiger partial charge on any atom is 0.0715 e. The molecule has 0 saturated heterocycles. The van der Waals surface area contributed by atoms with Crippen LogP contribution in [0, 0.1) is 6.92 Å². The molecule has 3 aromatic carbocycles. The molecule has 4 aromatic rings. The van der Waals surface area contributed by atoms with E-state index in [-0.39, 0.29) is 0 Å². The zero-order chi connectivity index (χ0) is 14.2. The van der Waals surface area contributed by atoms with Crippen molar-refractivity contribution in [2.24, 2.45) is 0 Å². The third-order valence-corrected chi connectivity index (χ3v) is 4.00. The van der Waals surface area contributed by atoms with E-state index in [1.807, 2.05) is 6.07 Å². The Morgan fingerprint density at radius 1 is 0.667 bits per heavy atom. The fourth-order valence-corrected chi connectivity index (χ4v) is 2.91. The summed E-state index contributed by atoms with van der Waals surface area (Å²) in [4.78, 5) is 4.79. The summed E-state index contributed by atoms with van der Waals surface area (Å²) in [6.07, 6.45) is 0. The molecule has 0 fully saturated rings. The Bertz CT molecular complexity index is 954. The van der Waals surface area contributed by atoms with Gasteiger partial charge >= 0.3 is 0 Å². The number of benzene rings is 3. The van der Waals surface area contributed by atoms with Gasteiger partial charge < -0.3 is 0 Å². The molecule has 0 spiro atoms. The Kier molecular flexibility index (Phi) is 2.71. The maximum atomic E-state index is 4.79. The Hall–Kier alpha value is -2.67. The highest BCUT2D eigenvalue weighted by Crippen LogP contribution is 2.31. The van der Waals surface area contributed by atoms with Crippen molar-refractivity contribution in [1.82, 2.24) is 4.98 Å². The molecule has 1 aromatic heterocycles. The predicted molar refractivity (Wildman–Crippen MR) is 89.4 cm³/mol. The zero-order valence-electron chi connectivity index (χ0n) is 11.9. The summed E-state index contributed by atoms with van der Waals surface area (Å²) >= 11 is 0. The van der Waals surface area contributed by atoms with Crippen LogP contribution in [0.25, 0.3) is 32.9 Å². The van der Waals surface area contributed by atoms with E-state index < -0.39 is 0 Å².